The lowest BCUT2D eigenvalue weighted by Gasteiger charge is -2.21. The molecule has 0 aliphatic carbocycles. The van der Waals surface area contributed by atoms with Crippen LogP contribution in [0.5, 0.6) is 5.75 Å². The van der Waals surface area contributed by atoms with Crippen molar-refractivity contribution in [2.45, 2.75) is 20.1 Å². The molecule has 0 spiro atoms. The van der Waals surface area contributed by atoms with Gasteiger partial charge < -0.3 is 9.84 Å². The van der Waals surface area contributed by atoms with Crippen molar-refractivity contribution in [3.8, 4) is 5.75 Å². The summed E-state index contributed by atoms with van der Waals surface area (Å²) in [6, 6.07) is 13.7. The maximum absolute atomic E-state index is 9.15. The molecule has 0 heterocycles. The highest BCUT2D eigenvalue weighted by Gasteiger charge is 2.10. The normalized spacial score (nSPS) is 11.0. The Bertz CT molecular complexity index is 619. The molecule has 124 valence electrons. The molecular formula is C18H21BrClNO2. The van der Waals surface area contributed by atoms with Crippen LogP contribution in [0.15, 0.2) is 46.9 Å². The summed E-state index contributed by atoms with van der Waals surface area (Å²) in [5.74, 6) is 0.861. The van der Waals surface area contributed by atoms with Crippen molar-refractivity contribution in [1.82, 2.24) is 4.90 Å². The summed E-state index contributed by atoms with van der Waals surface area (Å²) in [4.78, 5) is 2.18. The van der Waals surface area contributed by atoms with Crippen molar-refractivity contribution < 1.29 is 9.84 Å². The summed E-state index contributed by atoms with van der Waals surface area (Å²) in [7, 11) is 0. The second-order valence-electron chi connectivity index (χ2n) is 5.26. The summed E-state index contributed by atoms with van der Waals surface area (Å²) in [5.41, 5.74) is 2.18. The number of ether oxygens (including phenoxy) is 1. The lowest BCUT2D eigenvalue weighted by Crippen LogP contribution is -2.26. The van der Waals surface area contributed by atoms with Crippen LogP contribution in [0.1, 0.15) is 18.1 Å². The predicted octanol–water partition coefficient (Wildman–Crippen LogP) is 4.50. The molecule has 3 nitrogen and oxygen atoms in total. The molecule has 5 heteroatoms. The highest BCUT2D eigenvalue weighted by atomic mass is 79.9. The number of hydrogen-bond acceptors (Lipinski definition) is 3. The SMILES string of the molecule is CCN(CCO)Cc1cc(Br)ccc1OCc1ccc(Cl)cc1. The van der Waals surface area contributed by atoms with Gasteiger partial charge >= 0.3 is 0 Å². The molecule has 0 fully saturated rings. The molecule has 1 N–H and O–H groups in total. The average Bonchev–Trinajstić information content (AvgIpc) is 2.55. The minimum atomic E-state index is 0.156. The number of halogens is 2. The molecule has 0 aliphatic heterocycles. The third-order valence-electron chi connectivity index (χ3n) is 3.59. The number of hydrogen-bond donors (Lipinski definition) is 1. The lowest BCUT2D eigenvalue weighted by molar-refractivity contribution is 0.194. The van der Waals surface area contributed by atoms with E-state index in [0.29, 0.717) is 13.2 Å². The fourth-order valence-electron chi connectivity index (χ4n) is 2.29. The Morgan fingerprint density at radius 2 is 1.91 bits per heavy atom. The van der Waals surface area contributed by atoms with E-state index in [4.69, 9.17) is 21.4 Å². The van der Waals surface area contributed by atoms with Gasteiger partial charge in [0, 0.05) is 28.1 Å². The number of aliphatic hydroxyl groups is 1. The van der Waals surface area contributed by atoms with E-state index in [-0.39, 0.29) is 6.61 Å². The third-order valence-corrected chi connectivity index (χ3v) is 4.33. The van der Waals surface area contributed by atoms with Crippen LogP contribution in [-0.4, -0.2) is 29.7 Å². The smallest absolute Gasteiger partial charge is 0.124 e. The first-order valence-electron chi connectivity index (χ1n) is 7.61. The second-order valence-corrected chi connectivity index (χ2v) is 6.61. The Kier molecular flexibility index (Phi) is 7.37. The van der Waals surface area contributed by atoms with Crippen LogP contribution >= 0.6 is 27.5 Å². The zero-order valence-electron chi connectivity index (χ0n) is 13.1. The highest BCUT2D eigenvalue weighted by molar-refractivity contribution is 9.10. The van der Waals surface area contributed by atoms with Crippen LogP contribution in [0.4, 0.5) is 0 Å². The van der Waals surface area contributed by atoms with Gasteiger partial charge in [-0.3, -0.25) is 4.90 Å². The molecule has 0 aliphatic rings. The molecule has 2 rings (SSSR count). The lowest BCUT2D eigenvalue weighted by atomic mass is 10.2. The van der Waals surface area contributed by atoms with E-state index in [0.717, 1.165) is 39.5 Å². The second kappa shape index (κ2) is 9.28. The highest BCUT2D eigenvalue weighted by Crippen LogP contribution is 2.25. The maximum Gasteiger partial charge on any atom is 0.124 e. The number of nitrogens with zero attached hydrogens (tertiary/aromatic N) is 1. The van der Waals surface area contributed by atoms with Gasteiger partial charge in [0.05, 0.1) is 6.61 Å². The van der Waals surface area contributed by atoms with E-state index in [2.05, 4.69) is 33.8 Å². The summed E-state index contributed by atoms with van der Waals surface area (Å²) in [6.07, 6.45) is 0. The van der Waals surface area contributed by atoms with Gasteiger partial charge in [0.1, 0.15) is 12.4 Å². The van der Waals surface area contributed by atoms with E-state index < -0.39 is 0 Å². The van der Waals surface area contributed by atoms with Crippen LogP contribution in [0.25, 0.3) is 0 Å². The average molecular weight is 399 g/mol. The van der Waals surface area contributed by atoms with Gasteiger partial charge in [-0.25, -0.2) is 0 Å². The molecule has 0 atom stereocenters. The quantitative estimate of drug-likeness (QED) is 0.711. The first kappa shape index (κ1) is 18.3. The summed E-state index contributed by atoms with van der Waals surface area (Å²) in [6.45, 7) is 5.01. The molecule has 0 radical (unpaired) electrons. The topological polar surface area (TPSA) is 32.7 Å². The minimum absolute atomic E-state index is 0.156. The molecule has 0 aromatic heterocycles. The van der Waals surface area contributed by atoms with Gasteiger partial charge in [-0.05, 0) is 42.4 Å². The van der Waals surface area contributed by atoms with Crippen molar-refractivity contribution in [3.63, 3.8) is 0 Å². The minimum Gasteiger partial charge on any atom is -0.489 e. The van der Waals surface area contributed by atoms with Gasteiger partial charge in [0.2, 0.25) is 0 Å². The van der Waals surface area contributed by atoms with E-state index in [1.807, 2.05) is 36.4 Å². The fourth-order valence-corrected chi connectivity index (χ4v) is 2.82. The Balaban J connectivity index is 2.09. The molecule has 23 heavy (non-hydrogen) atoms. The van der Waals surface area contributed by atoms with E-state index in [1.165, 1.54) is 0 Å². The summed E-state index contributed by atoms with van der Waals surface area (Å²) >= 11 is 9.42. The van der Waals surface area contributed by atoms with Gasteiger partial charge in [-0.1, -0.05) is 46.6 Å². The van der Waals surface area contributed by atoms with Gasteiger partial charge in [-0.15, -0.1) is 0 Å². The molecule has 0 saturated heterocycles. The number of likely N-dealkylation sites (N-methyl/N-ethyl adjacent to an activating group) is 1. The van der Waals surface area contributed by atoms with Crippen LogP contribution in [-0.2, 0) is 13.2 Å². The van der Waals surface area contributed by atoms with Crippen molar-refractivity contribution in [3.05, 3.63) is 63.1 Å². The van der Waals surface area contributed by atoms with Crippen molar-refractivity contribution in [2.24, 2.45) is 0 Å². The Hall–Kier alpha value is -1.07. The van der Waals surface area contributed by atoms with E-state index in [9.17, 15) is 0 Å². The van der Waals surface area contributed by atoms with Crippen LogP contribution in [0.3, 0.4) is 0 Å². The zero-order valence-corrected chi connectivity index (χ0v) is 15.5. The first-order valence-corrected chi connectivity index (χ1v) is 8.78. The first-order chi connectivity index (χ1) is 11.1. The molecule has 2 aromatic carbocycles. The molecular weight excluding hydrogens is 378 g/mol. The molecule has 0 saturated carbocycles. The van der Waals surface area contributed by atoms with Crippen molar-refractivity contribution in [2.75, 3.05) is 19.7 Å². The van der Waals surface area contributed by atoms with Gasteiger partial charge in [0.25, 0.3) is 0 Å². The molecule has 0 amide bonds. The maximum atomic E-state index is 9.15. The van der Waals surface area contributed by atoms with Gasteiger partial charge in [0.15, 0.2) is 0 Å². The van der Waals surface area contributed by atoms with Crippen LogP contribution < -0.4 is 4.74 Å². The monoisotopic (exact) mass is 397 g/mol. The predicted molar refractivity (Wildman–Crippen MR) is 98.0 cm³/mol. The van der Waals surface area contributed by atoms with Crippen LogP contribution in [0.2, 0.25) is 5.02 Å². The van der Waals surface area contributed by atoms with Crippen LogP contribution in [0, 0.1) is 0 Å². The van der Waals surface area contributed by atoms with Gasteiger partial charge in [-0.2, -0.15) is 0 Å². The number of rotatable bonds is 8. The third kappa shape index (κ3) is 5.81. The largest absolute Gasteiger partial charge is 0.489 e. The molecule has 2 aromatic rings. The summed E-state index contributed by atoms with van der Waals surface area (Å²) in [5, 5.41) is 9.87. The number of aliphatic hydroxyl groups excluding tert-OH is 1. The zero-order chi connectivity index (χ0) is 16.7. The molecule has 0 unspecified atom stereocenters. The van der Waals surface area contributed by atoms with E-state index >= 15 is 0 Å². The Labute approximate surface area is 151 Å². The van der Waals surface area contributed by atoms with E-state index in [1.54, 1.807) is 0 Å². The Morgan fingerprint density at radius 3 is 2.57 bits per heavy atom. The standard InChI is InChI=1S/C18H21BrClNO2/c1-2-21(9-10-22)12-15-11-16(19)5-8-18(15)23-13-14-3-6-17(20)7-4-14/h3-8,11,22H,2,9-10,12-13H2,1H3. The number of benzene rings is 2. The fraction of sp³-hybridized carbons (Fsp3) is 0.333. The van der Waals surface area contributed by atoms with Crippen molar-refractivity contribution in [1.29, 1.82) is 0 Å². The Morgan fingerprint density at radius 1 is 1.17 bits per heavy atom. The summed E-state index contributed by atoms with van der Waals surface area (Å²) < 4.78 is 7.01. The van der Waals surface area contributed by atoms with Crippen molar-refractivity contribution >= 4 is 27.5 Å². The molecule has 0 bridgehead atoms.